The molecule has 2 rings (SSSR count). The van der Waals surface area contributed by atoms with Gasteiger partial charge in [0.2, 0.25) is 0 Å². The molecule has 0 spiro atoms. The van der Waals surface area contributed by atoms with Crippen LogP contribution in [0.4, 0.5) is 4.39 Å². The normalized spacial score (nSPS) is 26.1. The molecular formula is C13H16Br2FN. The maximum atomic E-state index is 13.0. The van der Waals surface area contributed by atoms with Gasteiger partial charge in [0.15, 0.2) is 0 Å². The van der Waals surface area contributed by atoms with Crippen molar-refractivity contribution in [3.05, 3.63) is 34.1 Å². The van der Waals surface area contributed by atoms with Crippen molar-refractivity contribution in [1.29, 1.82) is 0 Å². The zero-order chi connectivity index (χ0) is 12.4. The lowest BCUT2D eigenvalue weighted by molar-refractivity contribution is 0.193. The number of alkyl halides is 1. The van der Waals surface area contributed by atoms with Crippen LogP contribution >= 0.6 is 31.9 Å². The third-order valence-electron chi connectivity index (χ3n) is 3.36. The highest BCUT2D eigenvalue weighted by Crippen LogP contribution is 2.26. The van der Waals surface area contributed by atoms with Gasteiger partial charge in [-0.3, -0.25) is 4.90 Å². The third kappa shape index (κ3) is 3.52. The number of nitrogens with zero attached hydrogens (tertiary/aromatic N) is 1. The Morgan fingerprint density at radius 2 is 2.24 bits per heavy atom. The molecule has 2 unspecified atom stereocenters. The number of halogens is 3. The Morgan fingerprint density at radius 1 is 1.47 bits per heavy atom. The largest absolute Gasteiger partial charge is 0.298 e. The quantitative estimate of drug-likeness (QED) is 0.711. The maximum Gasteiger partial charge on any atom is 0.124 e. The fraction of sp³-hybridized carbons (Fsp3) is 0.538. The molecule has 1 heterocycles. The van der Waals surface area contributed by atoms with Crippen LogP contribution in [0.5, 0.6) is 0 Å². The summed E-state index contributed by atoms with van der Waals surface area (Å²) < 4.78 is 13.9. The molecule has 0 radical (unpaired) electrons. The van der Waals surface area contributed by atoms with Gasteiger partial charge in [-0.25, -0.2) is 4.39 Å². The molecule has 94 valence electrons. The van der Waals surface area contributed by atoms with Gasteiger partial charge in [-0.05, 0) is 36.6 Å². The summed E-state index contributed by atoms with van der Waals surface area (Å²) in [6.45, 7) is 5.35. The Balaban J connectivity index is 2.01. The van der Waals surface area contributed by atoms with E-state index in [9.17, 15) is 4.39 Å². The van der Waals surface area contributed by atoms with Gasteiger partial charge < -0.3 is 0 Å². The molecule has 1 saturated heterocycles. The van der Waals surface area contributed by atoms with Crippen LogP contribution in [0.2, 0.25) is 0 Å². The molecule has 1 aliphatic rings. The lowest BCUT2D eigenvalue weighted by atomic mass is 9.98. The van der Waals surface area contributed by atoms with E-state index in [1.54, 1.807) is 0 Å². The second-order valence-corrected chi connectivity index (χ2v) is 6.78. The van der Waals surface area contributed by atoms with Crippen LogP contribution in [-0.4, -0.2) is 22.8 Å². The second-order valence-electron chi connectivity index (χ2n) is 4.75. The van der Waals surface area contributed by atoms with E-state index in [-0.39, 0.29) is 5.82 Å². The standard InChI is InChI=1S/C13H16Br2FN/c1-9-4-5-17(8-13(9)15)7-10-2-3-11(16)6-12(10)14/h2-3,6,9,13H,4-5,7-8H2,1H3. The summed E-state index contributed by atoms with van der Waals surface area (Å²) in [5.41, 5.74) is 1.15. The van der Waals surface area contributed by atoms with Crippen LogP contribution < -0.4 is 0 Å². The lowest BCUT2D eigenvalue weighted by Gasteiger charge is -2.34. The van der Waals surface area contributed by atoms with Gasteiger partial charge in [-0.2, -0.15) is 0 Å². The predicted molar refractivity (Wildman–Crippen MR) is 75.9 cm³/mol. The smallest absolute Gasteiger partial charge is 0.124 e. The van der Waals surface area contributed by atoms with E-state index in [4.69, 9.17) is 0 Å². The monoisotopic (exact) mass is 363 g/mol. The molecule has 1 aromatic rings. The zero-order valence-corrected chi connectivity index (χ0v) is 13.0. The van der Waals surface area contributed by atoms with Gasteiger partial charge in [0, 0.05) is 22.4 Å². The maximum absolute atomic E-state index is 13.0. The van der Waals surface area contributed by atoms with Crippen LogP contribution in [-0.2, 0) is 6.54 Å². The first-order valence-corrected chi connectivity index (χ1v) is 7.57. The van der Waals surface area contributed by atoms with Crippen LogP contribution in [0.1, 0.15) is 18.9 Å². The first kappa shape index (κ1) is 13.5. The summed E-state index contributed by atoms with van der Waals surface area (Å²) in [6, 6.07) is 4.92. The average Bonchev–Trinajstić information content (AvgIpc) is 2.27. The molecule has 1 aliphatic heterocycles. The van der Waals surface area contributed by atoms with Gasteiger partial charge >= 0.3 is 0 Å². The summed E-state index contributed by atoms with van der Waals surface area (Å²) >= 11 is 7.15. The summed E-state index contributed by atoms with van der Waals surface area (Å²) in [5.74, 6) is 0.550. The summed E-state index contributed by atoms with van der Waals surface area (Å²) in [6.07, 6.45) is 1.22. The summed E-state index contributed by atoms with van der Waals surface area (Å²) in [4.78, 5) is 2.98. The first-order valence-electron chi connectivity index (χ1n) is 5.86. The summed E-state index contributed by atoms with van der Waals surface area (Å²) in [7, 11) is 0. The Morgan fingerprint density at radius 3 is 2.88 bits per heavy atom. The predicted octanol–water partition coefficient (Wildman–Crippen LogP) is 4.19. The Labute approximate surface area is 119 Å². The van der Waals surface area contributed by atoms with Gasteiger partial charge in [-0.15, -0.1) is 0 Å². The van der Waals surface area contributed by atoms with Crippen LogP contribution in [0.3, 0.4) is 0 Å². The number of likely N-dealkylation sites (tertiary alicyclic amines) is 1. The van der Waals surface area contributed by atoms with Crippen LogP contribution in [0.15, 0.2) is 22.7 Å². The fourth-order valence-electron chi connectivity index (χ4n) is 2.12. The minimum absolute atomic E-state index is 0.189. The van der Waals surface area contributed by atoms with E-state index < -0.39 is 0 Å². The van der Waals surface area contributed by atoms with Crippen molar-refractivity contribution in [2.75, 3.05) is 13.1 Å². The van der Waals surface area contributed by atoms with Gasteiger partial charge in [0.05, 0.1) is 0 Å². The molecule has 1 aromatic carbocycles. The van der Waals surface area contributed by atoms with Crippen LogP contribution in [0, 0.1) is 11.7 Å². The van der Waals surface area contributed by atoms with Crippen molar-refractivity contribution >= 4 is 31.9 Å². The highest BCUT2D eigenvalue weighted by molar-refractivity contribution is 9.10. The van der Waals surface area contributed by atoms with E-state index in [0.717, 1.165) is 35.6 Å². The molecule has 0 amide bonds. The molecular weight excluding hydrogens is 349 g/mol. The molecule has 1 nitrogen and oxygen atoms in total. The molecule has 0 aliphatic carbocycles. The first-order chi connectivity index (χ1) is 8.06. The van der Waals surface area contributed by atoms with Gasteiger partial charge in [0.25, 0.3) is 0 Å². The molecule has 0 N–H and O–H groups in total. The van der Waals surface area contributed by atoms with Crippen molar-refractivity contribution in [3.63, 3.8) is 0 Å². The van der Waals surface area contributed by atoms with E-state index in [1.165, 1.54) is 18.6 Å². The van der Waals surface area contributed by atoms with E-state index in [1.807, 2.05) is 6.07 Å². The molecule has 17 heavy (non-hydrogen) atoms. The zero-order valence-electron chi connectivity index (χ0n) is 9.80. The molecule has 0 bridgehead atoms. The number of hydrogen-bond acceptors (Lipinski definition) is 1. The van der Waals surface area contributed by atoms with Gasteiger partial charge in [-0.1, -0.05) is 44.8 Å². The van der Waals surface area contributed by atoms with Crippen molar-refractivity contribution in [2.24, 2.45) is 5.92 Å². The lowest BCUT2D eigenvalue weighted by Crippen LogP contribution is -2.39. The number of piperidine rings is 1. The SMILES string of the molecule is CC1CCN(Cc2ccc(F)cc2Br)CC1Br. The van der Waals surface area contributed by atoms with Crippen molar-refractivity contribution < 1.29 is 4.39 Å². The minimum atomic E-state index is -0.189. The van der Waals surface area contributed by atoms with Crippen LogP contribution in [0.25, 0.3) is 0 Å². The molecule has 4 heteroatoms. The summed E-state index contributed by atoms with van der Waals surface area (Å²) in [5, 5.41) is 0. The second kappa shape index (κ2) is 5.81. The van der Waals surface area contributed by atoms with Gasteiger partial charge in [0.1, 0.15) is 5.82 Å². The van der Waals surface area contributed by atoms with E-state index in [2.05, 4.69) is 43.7 Å². The third-order valence-corrected chi connectivity index (χ3v) is 5.29. The van der Waals surface area contributed by atoms with E-state index in [0.29, 0.717) is 4.83 Å². The Hall–Kier alpha value is 0.0700. The molecule has 2 atom stereocenters. The average molecular weight is 365 g/mol. The topological polar surface area (TPSA) is 3.24 Å². The molecule has 0 aromatic heterocycles. The highest BCUT2D eigenvalue weighted by atomic mass is 79.9. The molecule has 0 saturated carbocycles. The number of hydrogen-bond donors (Lipinski definition) is 0. The Bertz CT molecular complexity index is 397. The molecule has 1 fully saturated rings. The number of benzene rings is 1. The minimum Gasteiger partial charge on any atom is -0.298 e. The fourth-order valence-corrected chi connectivity index (χ4v) is 3.27. The van der Waals surface area contributed by atoms with Crippen molar-refractivity contribution in [3.8, 4) is 0 Å². The van der Waals surface area contributed by atoms with E-state index >= 15 is 0 Å². The highest BCUT2D eigenvalue weighted by Gasteiger charge is 2.24. The number of rotatable bonds is 2. The van der Waals surface area contributed by atoms with Crippen molar-refractivity contribution in [1.82, 2.24) is 4.90 Å². The Kier molecular flexibility index (Phi) is 4.61. The van der Waals surface area contributed by atoms with Crippen molar-refractivity contribution in [2.45, 2.75) is 24.7 Å².